The minimum absolute atomic E-state index is 0.0315. The zero-order valence-corrected chi connectivity index (χ0v) is 42.7. The normalized spacial score (nSPS) is 13.8. The van der Waals surface area contributed by atoms with Crippen molar-refractivity contribution in [3.63, 3.8) is 0 Å². The van der Waals surface area contributed by atoms with Crippen molar-refractivity contribution < 1.29 is 9.59 Å². The Balaban J connectivity index is 0.000000556. The van der Waals surface area contributed by atoms with Crippen LogP contribution < -0.4 is 10.6 Å². The average Bonchev–Trinajstić information content (AvgIpc) is 4.02. The van der Waals surface area contributed by atoms with E-state index in [2.05, 4.69) is 125 Å². The first-order valence-electron chi connectivity index (χ1n) is 24.2. The van der Waals surface area contributed by atoms with Gasteiger partial charge in [0.15, 0.2) is 5.16 Å². The third-order valence-corrected chi connectivity index (χ3v) is 24.5. The van der Waals surface area contributed by atoms with Crippen LogP contribution >= 0.6 is 14.5 Å². The topological polar surface area (TPSA) is 58.2 Å². The lowest BCUT2D eigenvalue weighted by atomic mass is 10.0. The number of hydrogen-bond acceptors (Lipinski definition) is 2. The number of rotatable bonds is 25. The largest absolute Gasteiger partial charge is 0.322 e. The number of amides is 2. The van der Waals surface area contributed by atoms with E-state index in [0.717, 1.165) is 30.6 Å². The van der Waals surface area contributed by atoms with Crippen molar-refractivity contribution in [1.82, 2.24) is 0 Å². The summed E-state index contributed by atoms with van der Waals surface area (Å²) < 4.78 is 0. The van der Waals surface area contributed by atoms with E-state index in [-0.39, 0.29) is 16.7 Å². The van der Waals surface area contributed by atoms with E-state index in [1.54, 1.807) is 0 Å². The number of carbonyl (C=O) groups is 2. The van der Waals surface area contributed by atoms with Crippen molar-refractivity contribution in [2.24, 2.45) is 0 Å². The summed E-state index contributed by atoms with van der Waals surface area (Å²) in [5.41, 5.74) is 9.58. The molecule has 2 N–H and O–H groups in total. The van der Waals surface area contributed by atoms with Gasteiger partial charge in [0.2, 0.25) is 0 Å². The molecule has 1 saturated carbocycles. The van der Waals surface area contributed by atoms with Crippen molar-refractivity contribution in [3.05, 3.63) is 57.6 Å². The fourth-order valence-corrected chi connectivity index (χ4v) is 21.7. The lowest BCUT2D eigenvalue weighted by Gasteiger charge is -2.35. The van der Waals surface area contributed by atoms with Gasteiger partial charge in [0.25, 0.3) is 11.8 Å². The van der Waals surface area contributed by atoms with Gasteiger partial charge in [-0.2, -0.15) is 0 Å². The Hall–Kier alpha value is -1.76. The van der Waals surface area contributed by atoms with Crippen LogP contribution in [-0.2, 0) is 9.59 Å². The van der Waals surface area contributed by atoms with E-state index in [9.17, 15) is 9.59 Å². The van der Waals surface area contributed by atoms with Crippen LogP contribution in [0.1, 0.15) is 192 Å². The first kappa shape index (κ1) is 54.3. The Morgan fingerprint density at radius 2 is 0.845 bits per heavy atom. The smallest absolute Gasteiger partial charge is 0.268 e. The zero-order valence-electron chi connectivity index (χ0n) is 40.9. The standard InChI is InChI=1S/C25H42NOP.C25H44NOP.C2H6/c1-7-10-15-28(16-11-8-2,17-12-9-3)25(13-14-25)24(27)26-23-21(5)18-20(4)19-22(23)6;1-8-12-15-28(16-13-9-2,17-14-10-3)23(11-4)25(27)26-24-21(6)18-20(5)19-22(24)7;1-2/h18-19H,7-17H2,1-6H3;18-19,23H,8-17H2,1-7H3;1-2H3/p+2. The molecule has 0 radical (unpaired) electrons. The van der Waals surface area contributed by atoms with Crippen LogP contribution in [-0.4, -0.2) is 59.6 Å². The molecule has 6 heteroatoms. The Bertz CT molecular complexity index is 1410. The summed E-state index contributed by atoms with van der Waals surface area (Å²) in [6, 6.07) is 8.74. The van der Waals surface area contributed by atoms with E-state index < -0.39 is 14.5 Å². The highest BCUT2D eigenvalue weighted by Gasteiger charge is 2.69. The fourth-order valence-electron chi connectivity index (χ4n) is 9.63. The molecule has 0 spiro atoms. The van der Waals surface area contributed by atoms with Gasteiger partial charge in [-0.25, -0.2) is 0 Å². The number of benzene rings is 2. The number of unbranched alkanes of at least 4 members (excludes halogenated alkanes) is 6. The van der Waals surface area contributed by atoms with Gasteiger partial charge in [0.05, 0.1) is 37.0 Å². The molecule has 3 rings (SSSR count). The molecule has 2 amide bonds. The predicted octanol–water partition coefficient (Wildman–Crippen LogP) is 16.3. The van der Waals surface area contributed by atoms with Crippen molar-refractivity contribution in [2.45, 2.75) is 211 Å². The van der Waals surface area contributed by atoms with Crippen molar-refractivity contribution >= 4 is 37.7 Å². The Morgan fingerprint density at radius 3 is 1.14 bits per heavy atom. The van der Waals surface area contributed by atoms with E-state index in [4.69, 9.17) is 0 Å². The summed E-state index contributed by atoms with van der Waals surface area (Å²) in [4.78, 5) is 27.3. The highest BCUT2D eigenvalue weighted by atomic mass is 31.2. The quantitative estimate of drug-likeness (QED) is 0.0979. The monoisotopic (exact) mass is 841 g/mol. The molecule has 1 aliphatic rings. The molecule has 0 saturated heterocycles. The van der Waals surface area contributed by atoms with Crippen LogP contribution in [0.5, 0.6) is 0 Å². The Labute approximate surface area is 362 Å². The number of aryl methyl sites for hydroxylation is 6. The molecular formula is C52H94N2O2P2+2. The van der Waals surface area contributed by atoms with E-state index in [1.807, 2.05) is 13.8 Å². The molecule has 0 aromatic heterocycles. The van der Waals surface area contributed by atoms with Crippen LogP contribution in [0.4, 0.5) is 11.4 Å². The summed E-state index contributed by atoms with van der Waals surface area (Å²) in [7, 11) is -2.58. The summed E-state index contributed by atoms with van der Waals surface area (Å²) in [6.45, 7) is 32.7. The number of anilines is 2. The van der Waals surface area contributed by atoms with Crippen molar-refractivity contribution in [1.29, 1.82) is 0 Å². The van der Waals surface area contributed by atoms with Gasteiger partial charge in [0, 0.05) is 38.7 Å². The molecule has 2 aromatic rings. The second-order valence-corrected chi connectivity index (χ2v) is 26.7. The first-order chi connectivity index (χ1) is 27.7. The second-order valence-electron chi connectivity index (χ2n) is 17.8. The molecule has 1 fully saturated rings. The summed E-state index contributed by atoms with van der Waals surface area (Å²) in [5.74, 6) is 0.633. The van der Waals surface area contributed by atoms with E-state index in [1.165, 1.54) is 147 Å². The number of carbonyl (C=O) groups excluding carboxylic acids is 2. The third kappa shape index (κ3) is 15.3. The molecule has 2 aromatic carbocycles. The molecule has 0 bridgehead atoms. The fraction of sp³-hybridized carbons (Fsp3) is 0.731. The van der Waals surface area contributed by atoms with Crippen LogP contribution in [0.2, 0.25) is 0 Å². The van der Waals surface area contributed by atoms with Crippen molar-refractivity contribution in [2.75, 3.05) is 47.6 Å². The minimum atomic E-state index is -1.30. The third-order valence-electron chi connectivity index (χ3n) is 12.9. The highest BCUT2D eigenvalue weighted by Crippen LogP contribution is 2.79. The molecule has 0 aliphatic heterocycles. The maximum absolute atomic E-state index is 13.7. The van der Waals surface area contributed by atoms with Gasteiger partial charge < -0.3 is 10.6 Å². The second kappa shape index (κ2) is 28.0. The molecular weight excluding hydrogens is 747 g/mol. The van der Waals surface area contributed by atoms with E-state index in [0.29, 0.717) is 5.91 Å². The first-order valence-corrected chi connectivity index (χ1v) is 29.0. The van der Waals surface area contributed by atoms with E-state index >= 15 is 0 Å². The van der Waals surface area contributed by atoms with Gasteiger partial charge in [0.1, 0.15) is 5.66 Å². The average molecular weight is 841 g/mol. The molecule has 4 nitrogen and oxygen atoms in total. The SMILES string of the molecule is CC.CCCC[P+](CCCC)(CCCC)C(CC)C(=O)Nc1c(C)cc(C)cc1C.CCCC[P+](CCCC)(CCCC)C1(C(=O)Nc2c(C)cc(C)cc2C)CC1. The molecule has 1 atom stereocenters. The van der Waals surface area contributed by atoms with Crippen LogP contribution in [0.15, 0.2) is 24.3 Å². The van der Waals surface area contributed by atoms with Gasteiger partial charge in [-0.15, -0.1) is 0 Å². The van der Waals surface area contributed by atoms with Gasteiger partial charge in [-0.1, -0.05) is 136 Å². The summed E-state index contributed by atoms with van der Waals surface area (Å²) in [6.07, 6.45) is 26.2. The van der Waals surface area contributed by atoms with Crippen molar-refractivity contribution in [3.8, 4) is 0 Å². The number of nitrogens with one attached hydrogen (secondary N) is 2. The lowest BCUT2D eigenvalue weighted by Crippen LogP contribution is -2.36. The summed E-state index contributed by atoms with van der Waals surface area (Å²) in [5, 5.41) is 6.78. The number of hydrogen-bond donors (Lipinski definition) is 2. The zero-order chi connectivity index (χ0) is 43.9. The predicted molar refractivity (Wildman–Crippen MR) is 268 cm³/mol. The molecule has 332 valence electrons. The maximum atomic E-state index is 13.7. The summed E-state index contributed by atoms with van der Waals surface area (Å²) >= 11 is 0. The van der Waals surface area contributed by atoms with Gasteiger partial charge in [-0.3, -0.25) is 9.59 Å². The molecule has 0 heterocycles. The molecule has 58 heavy (non-hydrogen) atoms. The highest BCUT2D eigenvalue weighted by molar-refractivity contribution is 7.78. The Kier molecular flexibility index (Phi) is 26.2. The molecule has 1 unspecified atom stereocenters. The lowest BCUT2D eigenvalue weighted by molar-refractivity contribution is -0.117. The van der Waals surface area contributed by atoms with Crippen LogP contribution in [0, 0.1) is 41.5 Å². The minimum Gasteiger partial charge on any atom is -0.322 e. The van der Waals surface area contributed by atoms with Gasteiger partial charge in [-0.05, 0) is 109 Å². The Morgan fingerprint density at radius 1 is 0.534 bits per heavy atom. The maximum Gasteiger partial charge on any atom is 0.268 e. The van der Waals surface area contributed by atoms with Gasteiger partial charge >= 0.3 is 0 Å². The van der Waals surface area contributed by atoms with Crippen LogP contribution in [0.25, 0.3) is 0 Å². The van der Waals surface area contributed by atoms with Crippen LogP contribution in [0.3, 0.4) is 0 Å². The molecule has 1 aliphatic carbocycles.